The Bertz CT molecular complexity index is 391. The van der Waals surface area contributed by atoms with Gasteiger partial charge in [-0.1, -0.05) is 6.92 Å². The number of furan rings is 1. The Kier molecular flexibility index (Phi) is 5.02. The molecule has 19 heavy (non-hydrogen) atoms. The third-order valence-electron chi connectivity index (χ3n) is 3.88. The third-order valence-corrected chi connectivity index (χ3v) is 3.88. The Morgan fingerprint density at radius 1 is 1.42 bits per heavy atom. The second-order valence-corrected chi connectivity index (χ2v) is 5.62. The largest absolute Gasteiger partial charge is 0.463 e. The minimum Gasteiger partial charge on any atom is -0.463 e. The van der Waals surface area contributed by atoms with Gasteiger partial charge in [-0.05, 0) is 45.0 Å². The van der Waals surface area contributed by atoms with E-state index in [9.17, 15) is 0 Å². The normalized spacial score (nSPS) is 24.8. The fourth-order valence-corrected chi connectivity index (χ4v) is 2.68. The summed E-state index contributed by atoms with van der Waals surface area (Å²) in [6, 6.07) is 4.16. The van der Waals surface area contributed by atoms with Gasteiger partial charge in [0.1, 0.15) is 11.5 Å². The van der Waals surface area contributed by atoms with Crippen molar-refractivity contribution in [1.82, 2.24) is 10.2 Å². The zero-order valence-electron chi connectivity index (χ0n) is 12.4. The first-order valence-electron chi connectivity index (χ1n) is 7.21. The van der Waals surface area contributed by atoms with E-state index in [0.29, 0.717) is 0 Å². The summed E-state index contributed by atoms with van der Waals surface area (Å²) in [4.78, 5) is 2.42. The number of hydrogen-bond acceptors (Lipinski definition) is 4. The molecule has 2 rings (SSSR count). The van der Waals surface area contributed by atoms with E-state index in [1.54, 1.807) is 0 Å². The molecule has 1 atom stereocenters. The van der Waals surface area contributed by atoms with Gasteiger partial charge in [-0.3, -0.25) is 4.90 Å². The molecule has 1 saturated heterocycles. The average Bonchev–Trinajstić information content (AvgIpc) is 2.84. The van der Waals surface area contributed by atoms with Crippen molar-refractivity contribution in [2.75, 3.05) is 26.7 Å². The van der Waals surface area contributed by atoms with Crippen LogP contribution in [-0.4, -0.2) is 37.2 Å². The molecule has 0 saturated carbocycles. The van der Waals surface area contributed by atoms with Crippen LogP contribution in [0, 0.1) is 0 Å². The van der Waals surface area contributed by atoms with Gasteiger partial charge >= 0.3 is 0 Å². The van der Waals surface area contributed by atoms with Gasteiger partial charge in [0.2, 0.25) is 0 Å². The van der Waals surface area contributed by atoms with E-state index in [2.05, 4.69) is 36.2 Å². The first kappa shape index (κ1) is 14.6. The summed E-state index contributed by atoms with van der Waals surface area (Å²) >= 11 is 0. The SMILES string of the molecule is CCNCc1ccc(CN2CCCC(C)(OC)C2)o1. The molecule has 1 aromatic rings. The van der Waals surface area contributed by atoms with Crippen LogP contribution in [0.3, 0.4) is 0 Å². The number of methoxy groups -OCH3 is 1. The number of likely N-dealkylation sites (tertiary alicyclic amines) is 1. The van der Waals surface area contributed by atoms with Gasteiger partial charge < -0.3 is 14.5 Å². The minimum absolute atomic E-state index is 0.00254. The molecule has 0 radical (unpaired) electrons. The lowest BCUT2D eigenvalue weighted by Crippen LogP contribution is -2.46. The molecular formula is C15H26N2O2. The standard InChI is InChI=1S/C15H26N2O2/c1-4-16-10-13-6-7-14(19-13)11-17-9-5-8-15(2,12-17)18-3/h6-7,16H,4-5,8-12H2,1-3H3. The highest BCUT2D eigenvalue weighted by Crippen LogP contribution is 2.25. The van der Waals surface area contributed by atoms with Crippen LogP contribution in [0.15, 0.2) is 16.5 Å². The highest BCUT2D eigenvalue weighted by atomic mass is 16.5. The fraction of sp³-hybridized carbons (Fsp3) is 0.733. The molecule has 0 amide bonds. The quantitative estimate of drug-likeness (QED) is 0.858. The van der Waals surface area contributed by atoms with Crippen molar-refractivity contribution in [3.8, 4) is 0 Å². The minimum atomic E-state index is -0.00254. The van der Waals surface area contributed by atoms with Crippen molar-refractivity contribution < 1.29 is 9.15 Å². The molecule has 1 unspecified atom stereocenters. The summed E-state index contributed by atoms with van der Waals surface area (Å²) in [7, 11) is 1.81. The van der Waals surface area contributed by atoms with Crippen molar-refractivity contribution in [2.45, 2.75) is 45.4 Å². The summed E-state index contributed by atoms with van der Waals surface area (Å²) in [6.07, 6.45) is 2.33. The molecule has 108 valence electrons. The van der Waals surface area contributed by atoms with E-state index in [1.165, 1.54) is 6.42 Å². The number of ether oxygens (including phenoxy) is 1. The Morgan fingerprint density at radius 2 is 2.21 bits per heavy atom. The molecule has 1 aromatic heterocycles. The smallest absolute Gasteiger partial charge is 0.118 e. The molecule has 0 aliphatic carbocycles. The summed E-state index contributed by atoms with van der Waals surface area (Å²) in [5.74, 6) is 2.07. The van der Waals surface area contributed by atoms with Crippen LogP contribution in [0.1, 0.15) is 38.2 Å². The molecule has 1 N–H and O–H groups in total. The number of nitrogens with one attached hydrogen (secondary N) is 1. The van der Waals surface area contributed by atoms with Gasteiger partial charge in [-0.2, -0.15) is 0 Å². The third kappa shape index (κ3) is 4.06. The maximum Gasteiger partial charge on any atom is 0.118 e. The molecule has 0 spiro atoms. The fourth-order valence-electron chi connectivity index (χ4n) is 2.68. The number of nitrogens with zero attached hydrogens (tertiary/aromatic N) is 1. The first-order chi connectivity index (χ1) is 9.15. The van der Waals surface area contributed by atoms with Gasteiger partial charge in [0, 0.05) is 13.7 Å². The van der Waals surface area contributed by atoms with Gasteiger partial charge in [-0.15, -0.1) is 0 Å². The molecule has 0 aromatic carbocycles. The van der Waals surface area contributed by atoms with Crippen LogP contribution >= 0.6 is 0 Å². The van der Waals surface area contributed by atoms with Crippen molar-refractivity contribution >= 4 is 0 Å². The zero-order chi connectivity index (χ0) is 13.7. The predicted molar refractivity (Wildman–Crippen MR) is 76.0 cm³/mol. The van der Waals surface area contributed by atoms with Crippen LogP contribution in [0.2, 0.25) is 0 Å². The summed E-state index contributed by atoms with van der Waals surface area (Å²) in [6.45, 7) is 9.06. The Hall–Kier alpha value is -0.840. The van der Waals surface area contributed by atoms with Crippen molar-refractivity contribution in [3.05, 3.63) is 23.7 Å². The van der Waals surface area contributed by atoms with Crippen molar-refractivity contribution in [2.24, 2.45) is 0 Å². The lowest BCUT2D eigenvalue weighted by Gasteiger charge is -2.39. The predicted octanol–water partition coefficient (Wildman–Crippen LogP) is 2.39. The molecule has 1 aliphatic rings. The molecule has 1 fully saturated rings. The summed E-state index contributed by atoms with van der Waals surface area (Å²) in [5, 5.41) is 3.28. The van der Waals surface area contributed by atoms with E-state index < -0.39 is 0 Å². The summed E-state index contributed by atoms with van der Waals surface area (Å²) < 4.78 is 11.5. The van der Waals surface area contributed by atoms with Crippen LogP contribution in [0.4, 0.5) is 0 Å². The molecule has 4 nitrogen and oxygen atoms in total. The van der Waals surface area contributed by atoms with E-state index in [-0.39, 0.29) is 5.60 Å². The second-order valence-electron chi connectivity index (χ2n) is 5.62. The number of piperidine rings is 1. The van der Waals surface area contributed by atoms with E-state index in [4.69, 9.17) is 9.15 Å². The monoisotopic (exact) mass is 266 g/mol. The van der Waals surface area contributed by atoms with Gasteiger partial charge in [0.15, 0.2) is 0 Å². The Morgan fingerprint density at radius 3 is 2.95 bits per heavy atom. The zero-order valence-corrected chi connectivity index (χ0v) is 12.4. The molecule has 4 heteroatoms. The van der Waals surface area contributed by atoms with Crippen LogP contribution in [0.25, 0.3) is 0 Å². The Balaban J connectivity index is 1.88. The lowest BCUT2D eigenvalue weighted by atomic mass is 9.95. The van der Waals surface area contributed by atoms with Crippen molar-refractivity contribution in [3.63, 3.8) is 0 Å². The first-order valence-corrected chi connectivity index (χ1v) is 7.21. The summed E-state index contributed by atoms with van der Waals surface area (Å²) in [5.41, 5.74) is -0.00254. The number of rotatable bonds is 6. The Labute approximate surface area is 116 Å². The molecule has 1 aliphatic heterocycles. The van der Waals surface area contributed by atoms with Gasteiger partial charge in [0.05, 0.1) is 18.7 Å². The molecular weight excluding hydrogens is 240 g/mol. The lowest BCUT2D eigenvalue weighted by molar-refractivity contribution is -0.0539. The van der Waals surface area contributed by atoms with Crippen LogP contribution < -0.4 is 5.32 Å². The number of hydrogen-bond donors (Lipinski definition) is 1. The van der Waals surface area contributed by atoms with E-state index in [1.807, 2.05) is 7.11 Å². The highest BCUT2D eigenvalue weighted by Gasteiger charge is 2.30. The van der Waals surface area contributed by atoms with E-state index in [0.717, 1.165) is 50.7 Å². The maximum atomic E-state index is 5.85. The van der Waals surface area contributed by atoms with Crippen LogP contribution in [-0.2, 0) is 17.8 Å². The average molecular weight is 266 g/mol. The van der Waals surface area contributed by atoms with Gasteiger partial charge in [0.25, 0.3) is 0 Å². The topological polar surface area (TPSA) is 37.6 Å². The molecule has 2 heterocycles. The maximum absolute atomic E-state index is 5.85. The van der Waals surface area contributed by atoms with Crippen LogP contribution in [0.5, 0.6) is 0 Å². The van der Waals surface area contributed by atoms with Gasteiger partial charge in [-0.25, -0.2) is 0 Å². The molecule has 0 bridgehead atoms. The highest BCUT2D eigenvalue weighted by molar-refractivity contribution is 5.07. The van der Waals surface area contributed by atoms with E-state index >= 15 is 0 Å². The second kappa shape index (κ2) is 6.55. The van der Waals surface area contributed by atoms with Crippen molar-refractivity contribution in [1.29, 1.82) is 0 Å².